The molecule has 4 nitrogen and oxygen atoms in total. The van der Waals surface area contributed by atoms with E-state index in [0.717, 1.165) is 43.6 Å². The number of rotatable bonds is 12. The molecule has 0 saturated heterocycles. The first kappa shape index (κ1) is 21.4. The van der Waals surface area contributed by atoms with Gasteiger partial charge in [0.1, 0.15) is 5.75 Å². The lowest BCUT2D eigenvalue weighted by Crippen LogP contribution is -2.29. The van der Waals surface area contributed by atoms with Crippen molar-refractivity contribution in [2.45, 2.75) is 51.7 Å². The summed E-state index contributed by atoms with van der Waals surface area (Å²) in [5.74, 6) is 0.804. The van der Waals surface area contributed by atoms with Crippen LogP contribution in [-0.2, 0) is 16.1 Å². The zero-order valence-electron chi connectivity index (χ0n) is 16.5. The fourth-order valence-electron chi connectivity index (χ4n) is 3.36. The van der Waals surface area contributed by atoms with Crippen LogP contribution in [0.2, 0.25) is 0 Å². The van der Waals surface area contributed by atoms with E-state index in [9.17, 15) is 9.90 Å². The normalized spacial score (nSPS) is 20.5. The molecule has 0 spiro atoms. The van der Waals surface area contributed by atoms with Gasteiger partial charge in [-0.1, -0.05) is 37.3 Å². The van der Waals surface area contributed by atoms with Crippen molar-refractivity contribution < 1.29 is 19.4 Å². The predicted octanol–water partition coefficient (Wildman–Crippen LogP) is 4.47. The van der Waals surface area contributed by atoms with Gasteiger partial charge in [0, 0.05) is 6.61 Å². The molecule has 27 heavy (non-hydrogen) atoms. The number of carbonyl (C=O) groups is 1. The number of methoxy groups -OCH3 is 1. The number of unbranched alkanes of at least 4 members (excludes halogenated alkanes) is 2. The van der Waals surface area contributed by atoms with Crippen molar-refractivity contribution in [2.75, 3.05) is 13.7 Å². The Labute approximate surface area is 162 Å². The fraction of sp³-hybridized carbons (Fsp3) is 0.522. The minimum Gasteiger partial charge on any atom is -0.497 e. The average Bonchev–Trinajstić information content (AvgIpc) is 3.07. The molecule has 0 saturated carbocycles. The van der Waals surface area contributed by atoms with Gasteiger partial charge in [-0.25, -0.2) is 0 Å². The van der Waals surface area contributed by atoms with Crippen LogP contribution in [0, 0.1) is 11.8 Å². The van der Waals surface area contributed by atoms with Crippen LogP contribution >= 0.6 is 0 Å². The van der Waals surface area contributed by atoms with Gasteiger partial charge in [-0.3, -0.25) is 4.79 Å². The fourth-order valence-corrected chi connectivity index (χ4v) is 3.36. The smallest absolute Gasteiger partial charge is 0.161 e. The van der Waals surface area contributed by atoms with Crippen LogP contribution in [0.25, 0.3) is 0 Å². The number of benzene rings is 1. The molecule has 0 heterocycles. The Morgan fingerprint density at radius 3 is 2.67 bits per heavy atom. The van der Waals surface area contributed by atoms with Gasteiger partial charge in [0.15, 0.2) is 5.78 Å². The van der Waals surface area contributed by atoms with Crippen LogP contribution in [0.1, 0.15) is 44.6 Å². The van der Waals surface area contributed by atoms with Crippen LogP contribution < -0.4 is 4.74 Å². The minimum absolute atomic E-state index is 0.0664. The summed E-state index contributed by atoms with van der Waals surface area (Å²) >= 11 is 0. The van der Waals surface area contributed by atoms with Gasteiger partial charge in [-0.15, -0.1) is 0 Å². The van der Waals surface area contributed by atoms with Crippen molar-refractivity contribution in [3.05, 3.63) is 54.1 Å². The molecule has 1 N–H and O–H groups in total. The van der Waals surface area contributed by atoms with Crippen molar-refractivity contribution in [2.24, 2.45) is 11.8 Å². The summed E-state index contributed by atoms with van der Waals surface area (Å²) in [6, 6.07) is 7.93. The maximum atomic E-state index is 11.9. The monoisotopic (exact) mass is 372 g/mol. The summed E-state index contributed by atoms with van der Waals surface area (Å²) < 4.78 is 10.8. The summed E-state index contributed by atoms with van der Waals surface area (Å²) in [6.07, 6.45) is 11.9. The maximum absolute atomic E-state index is 11.9. The van der Waals surface area contributed by atoms with E-state index in [1.54, 1.807) is 13.2 Å². The third-order valence-corrected chi connectivity index (χ3v) is 5.04. The molecule has 0 amide bonds. The lowest BCUT2D eigenvalue weighted by Gasteiger charge is -2.21. The van der Waals surface area contributed by atoms with E-state index in [1.165, 1.54) is 0 Å². The molecule has 1 aromatic rings. The number of aliphatic hydroxyl groups excluding tert-OH is 1. The third-order valence-electron chi connectivity index (χ3n) is 5.04. The third kappa shape index (κ3) is 6.96. The summed E-state index contributed by atoms with van der Waals surface area (Å²) in [5, 5.41) is 10.0. The molecule has 3 atom stereocenters. The Bertz CT molecular complexity index is 618. The number of allylic oxidation sites excluding steroid dienone is 4. The van der Waals surface area contributed by atoms with Gasteiger partial charge in [0.2, 0.25) is 0 Å². The molecule has 1 aliphatic carbocycles. The first-order chi connectivity index (χ1) is 13.2. The Morgan fingerprint density at radius 2 is 1.96 bits per heavy atom. The first-order valence-corrected chi connectivity index (χ1v) is 9.91. The van der Waals surface area contributed by atoms with Crippen molar-refractivity contribution in [1.82, 2.24) is 0 Å². The minimum atomic E-state index is -0.534. The Kier molecular flexibility index (Phi) is 9.29. The second-order valence-corrected chi connectivity index (χ2v) is 7.03. The second kappa shape index (κ2) is 11.7. The Hall–Kier alpha value is -1.91. The van der Waals surface area contributed by atoms with Crippen molar-refractivity contribution in [3.63, 3.8) is 0 Å². The van der Waals surface area contributed by atoms with E-state index in [2.05, 4.69) is 12.2 Å². The standard InChI is InChI=1S/C23H32O4/c1-3-21(24)23-19(12-15-22(23)25)9-7-5-4-6-8-16-27-17-18-10-13-20(26-2)14-11-18/h5,7,10-15,19,21,23-24H,3-4,6,8-9,16-17H2,1-2H3/b7-5-/t19-,21?,23-/m0/s1. The summed E-state index contributed by atoms with van der Waals surface area (Å²) in [6.45, 7) is 3.30. The van der Waals surface area contributed by atoms with Gasteiger partial charge in [-0.2, -0.15) is 0 Å². The Balaban J connectivity index is 1.54. The van der Waals surface area contributed by atoms with Gasteiger partial charge >= 0.3 is 0 Å². The van der Waals surface area contributed by atoms with E-state index in [-0.39, 0.29) is 17.6 Å². The summed E-state index contributed by atoms with van der Waals surface area (Å²) in [5.41, 5.74) is 1.15. The molecule has 1 aliphatic rings. The highest BCUT2D eigenvalue weighted by atomic mass is 16.5. The van der Waals surface area contributed by atoms with Gasteiger partial charge < -0.3 is 14.6 Å². The van der Waals surface area contributed by atoms with Crippen molar-refractivity contribution in [3.8, 4) is 5.75 Å². The molecule has 1 aromatic carbocycles. The molecule has 0 aliphatic heterocycles. The van der Waals surface area contributed by atoms with Crippen molar-refractivity contribution in [1.29, 1.82) is 0 Å². The largest absolute Gasteiger partial charge is 0.497 e. The Morgan fingerprint density at radius 1 is 1.19 bits per heavy atom. The van der Waals surface area contributed by atoms with E-state index in [0.29, 0.717) is 13.0 Å². The van der Waals surface area contributed by atoms with Gasteiger partial charge in [0.05, 0.1) is 25.7 Å². The molecular formula is C23H32O4. The maximum Gasteiger partial charge on any atom is 0.161 e. The van der Waals surface area contributed by atoms with Crippen LogP contribution in [0.15, 0.2) is 48.6 Å². The number of aliphatic hydroxyl groups is 1. The molecule has 0 aromatic heterocycles. The van der Waals surface area contributed by atoms with Gasteiger partial charge in [-0.05, 0) is 61.8 Å². The molecule has 148 valence electrons. The molecule has 0 radical (unpaired) electrons. The molecule has 0 bridgehead atoms. The SMILES string of the molecule is CCC(O)[C@H]1C(=O)C=C[C@@H]1C/C=C\CCCCOCc1ccc(OC)cc1. The number of carbonyl (C=O) groups excluding carboxylic acids is 1. The number of hydrogen-bond donors (Lipinski definition) is 1. The zero-order valence-corrected chi connectivity index (χ0v) is 16.5. The average molecular weight is 373 g/mol. The number of ketones is 1. The molecular weight excluding hydrogens is 340 g/mol. The van der Waals surface area contributed by atoms with Crippen molar-refractivity contribution >= 4 is 5.78 Å². The zero-order chi connectivity index (χ0) is 19.5. The van der Waals surface area contributed by atoms with Crippen LogP contribution in [0.4, 0.5) is 0 Å². The van der Waals surface area contributed by atoms with Crippen LogP contribution in [0.3, 0.4) is 0 Å². The predicted molar refractivity (Wildman–Crippen MR) is 108 cm³/mol. The summed E-state index contributed by atoms with van der Waals surface area (Å²) in [7, 11) is 1.66. The molecule has 1 unspecified atom stereocenters. The van der Waals surface area contributed by atoms with Crippen LogP contribution in [-0.4, -0.2) is 30.7 Å². The lowest BCUT2D eigenvalue weighted by molar-refractivity contribution is -0.122. The van der Waals surface area contributed by atoms with E-state index < -0.39 is 6.10 Å². The topological polar surface area (TPSA) is 55.8 Å². The molecule has 2 rings (SSSR count). The highest BCUT2D eigenvalue weighted by molar-refractivity contribution is 5.95. The lowest BCUT2D eigenvalue weighted by atomic mass is 9.86. The highest BCUT2D eigenvalue weighted by Crippen LogP contribution is 2.30. The molecule has 4 heteroatoms. The highest BCUT2D eigenvalue weighted by Gasteiger charge is 2.34. The number of ether oxygens (including phenoxy) is 2. The number of hydrogen-bond acceptors (Lipinski definition) is 4. The van der Waals surface area contributed by atoms with E-state index >= 15 is 0 Å². The van der Waals surface area contributed by atoms with Crippen LogP contribution in [0.5, 0.6) is 5.75 Å². The first-order valence-electron chi connectivity index (χ1n) is 9.91. The van der Waals surface area contributed by atoms with E-state index in [1.807, 2.05) is 37.3 Å². The van der Waals surface area contributed by atoms with E-state index in [4.69, 9.17) is 9.47 Å². The van der Waals surface area contributed by atoms with Gasteiger partial charge in [0.25, 0.3) is 0 Å². The quantitative estimate of drug-likeness (QED) is 0.434. The second-order valence-electron chi connectivity index (χ2n) is 7.03. The summed E-state index contributed by atoms with van der Waals surface area (Å²) in [4.78, 5) is 11.9. The molecule has 0 fully saturated rings.